The van der Waals surface area contributed by atoms with Gasteiger partial charge in [0.05, 0.1) is 33.9 Å². The largest absolute Gasteiger partial charge is 0.416 e. The average molecular weight is 589 g/mol. The summed E-state index contributed by atoms with van der Waals surface area (Å²) in [5, 5.41) is 10.3. The zero-order valence-electron chi connectivity index (χ0n) is 19.4. The Morgan fingerprint density at radius 1 is 0.897 bits per heavy atom. The summed E-state index contributed by atoms with van der Waals surface area (Å²) in [6.07, 6.45) is -9.21. The third kappa shape index (κ3) is 6.71. The quantitative estimate of drug-likeness (QED) is 0.182. The van der Waals surface area contributed by atoms with Crippen LogP contribution in [0.5, 0.6) is 0 Å². The molecule has 5 nitrogen and oxygen atoms in total. The summed E-state index contributed by atoms with van der Waals surface area (Å²) in [6, 6.07) is 12.5. The lowest BCUT2D eigenvalue weighted by molar-refractivity contribution is -0.138. The molecule has 3 aromatic carbocycles. The Labute approximate surface area is 226 Å². The highest BCUT2D eigenvalue weighted by Crippen LogP contribution is 2.34. The van der Waals surface area contributed by atoms with Crippen molar-refractivity contribution in [2.75, 3.05) is 0 Å². The van der Waals surface area contributed by atoms with Crippen LogP contribution in [0.15, 0.2) is 71.9 Å². The van der Waals surface area contributed by atoms with Gasteiger partial charge in [-0.25, -0.2) is 4.39 Å². The van der Waals surface area contributed by atoms with Gasteiger partial charge in [0.2, 0.25) is 0 Å². The van der Waals surface area contributed by atoms with Crippen LogP contribution in [0.25, 0.3) is 5.69 Å². The van der Waals surface area contributed by atoms with E-state index < -0.39 is 40.8 Å². The number of nitrogens with one attached hydrogen (secondary N) is 1. The van der Waals surface area contributed by atoms with Gasteiger partial charge in [-0.1, -0.05) is 53.7 Å². The minimum atomic E-state index is -4.66. The normalized spacial score (nSPS) is 12.0. The molecule has 4 aromatic rings. The summed E-state index contributed by atoms with van der Waals surface area (Å²) in [5.74, 6) is -1.80. The molecular weight excluding hydrogens is 573 g/mol. The van der Waals surface area contributed by atoms with Crippen LogP contribution in [-0.2, 0) is 24.7 Å². The maximum atomic E-state index is 14.1. The molecule has 0 saturated carbocycles. The molecule has 0 fully saturated rings. The van der Waals surface area contributed by atoms with E-state index in [9.17, 15) is 35.5 Å². The fourth-order valence-corrected chi connectivity index (χ4v) is 4.70. The summed E-state index contributed by atoms with van der Waals surface area (Å²) in [7, 11) is 0. The van der Waals surface area contributed by atoms with Crippen molar-refractivity contribution in [2.24, 2.45) is 0 Å². The van der Waals surface area contributed by atoms with Crippen molar-refractivity contribution in [3.8, 4) is 5.69 Å². The monoisotopic (exact) mass is 588 g/mol. The number of nitrogens with zero attached hydrogens (tertiary/aromatic N) is 3. The number of halogens is 8. The average Bonchev–Trinajstić information content (AvgIpc) is 3.28. The third-order valence-electron chi connectivity index (χ3n) is 5.35. The standard InChI is InChI=1S/C25H16ClF7N4OS/c26-18-8-3-9-19(27)21(18)22(38)34-12-20-35-36-23(37(20)17-7-2-6-16(11-17)25(31,32)33)39-13-14-4-1-5-15(10-14)24(28,29)30/h1-11H,12-13H2,(H,34,38). The van der Waals surface area contributed by atoms with E-state index in [4.69, 9.17) is 11.6 Å². The number of amides is 1. The van der Waals surface area contributed by atoms with E-state index in [1.165, 1.54) is 41.0 Å². The lowest BCUT2D eigenvalue weighted by Gasteiger charge is -2.14. The molecule has 39 heavy (non-hydrogen) atoms. The number of thioether (sulfide) groups is 1. The van der Waals surface area contributed by atoms with Gasteiger partial charge in [-0.05, 0) is 42.0 Å². The number of carbonyl (C=O) groups excluding carboxylic acids is 1. The number of alkyl halides is 6. The minimum Gasteiger partial charge on any atom is -0.345 e. The summed E-state index contributed by atoms with van der Waals surface area (Å²) >= 11 is 6.85. The molecule has 0 radical (unpaired) electrons. The molecular formula is C25H16ClF7N4OS. The lowest BCUT2D eigenvalue weighted by atomic mass is 10.1. The molecule has 0 aliphatic heterocycles. The second-order valence-corrected chi connectivity index (χ2v) is 9.40. The molecule has 1 heterocycles. The van der Waals surface area contributed by atoms with Gasteiger partial charge in [0.15, 0.2) is 11.0 Å². The molecule has 0 unspecified atom stereocenters. The van der Waals surface area contributed by atoms with E-state index >= 15 is 0 Å². The van der Waals surface area contributed by atoms with E-state index in [0.717, 1.165) is 42.1 Å². The second kappa shape index (κ2) is 11.3. The maximum Gasteiger partial charge on any atom is 0.416 e. The molecule has 0 saturated heterocycles. The Balaban J connectivity index is 1.66. The molecule has 0 aliphatic rings. The zero-order chi connectivity index (χ0) is 28.4. The predicted octanol–water partition coefficient (Wildman–Crippen LogP) is 7.32. The first-order valence-corrected chi connectivity index (χ1v) is 12.3. The van der Waals surface area contributed by atoms with Crippen LogP contribution in [0.1, 0.15) is 32.9 Å². The Bertz CT molecular complexity index is 1480. The molecule has 14 heteroatoms. The SMILES string of the molecule is O=C(NCc1nnc(SCc2cccc(C(F)(F)F)c2)n1-c1cccc(C(F)(F)F)c1)c1c(F)cccc1Cl. The predicted molar refractivity (Wildman–Crippen MR) is 130 cm³/mol. The molecule has 0 spiro atoms. The van der Waals surface area contributed by atoms with Crippen LogP contribution in [0.2, 0.25) is 5.02 Å². The number of carbonyl (C=O) groups is 1. The van der Waals surface area contributed by atoms with E-state index in [0.29, 0.717) is 0 Å². The Kier molecular flexibility index (Phi) is 8.21. The number of rotatable bonds is 7. The van der Waals surface area contributed by atoms with Crippen molar-refractivity contribution < 1.29 is 35.5 Å². The van der Waals surface area contributed by atoms with Crippen LogP contribution in [0.3, 0.4) is 0 Å². The van der Waals surface area contributed by atoms with Crippen LogP contribution < -0.4 is 5.32 Å². The van der Waals surface area contributed by atoms with Gasteiger partial charge in [-0.2, -0.15) is 26.3 Å². The molecule has 1 amide bonds. The second-order valence-electron chi connectivity index (χ2n) is 8.05. The van der Waals surface area contributed by atoms with E-state index in [-0.39, 0.29) is 39.6 Å². The highest BCUT2D eigenvalue weighted by Gasteiger charge is 2.32. The molecule has 4 rings (SSSR count). The molecule has 1 N–H and O–H groups in total. The van der Waals surface area contributed by atoms with Crippen molar-refractivity contribution in [1.29, 1.82) is 0 Å². The first-order valence-electron chi connectivity index (χ1n) is 11.0. The third-order valence-corrected chi connectivity index (χ3v) is 6.67. The Morgan fingerprint density at radius 2 is 1.54 bits per heavy atom. The van der Waals surface area contributed by atoms with Crippen molar-refractivity contribution in [1.82, 2.24) is 20.1 Å². The Morgan fingerprint density at radius 3 is 2.21 bits per heavy atom. The van der Waals surface area contributed by atoms with E-state index in [1.807, 2.05) is 0 Å². The van der Waals surface area contributed by atoms with Crippen LogP contribution >= 0.6 is 23.4 Å². The number of hydrogen-bond acceptors (Lipinski definition) is 4. The number of benzene rings is 3. The highest BCUT2D eigenvalue weighted by atomic mass is 35.5. The fraction of sp³-hybridized carbons (Fsp3) is 0.160. The van der Waals surface area contributed by atoms with Crippen LogP contribution in [0.4, 0.5) is 30.7 Å². The molecule has 204 valence electrons. The highest BCUT2D eigenvalue weighted by molar-refractivity contribution is 7.98. The minimum absolute atomic E-state index is 0.00506. The van der Waals surface area contributed by atoms with Gasteiger partial charge < -0.3 is 5.32 Å². The molecule has 0 aliphatic carbocycles. The summed E-state index contributed by atoms with van der Waals surface area (Å²) in [5.41, 5.74) is -1.96. The first kappa shape index (κ1) is 28.4. The number of hydrogen-bond donors (Lipinski definition) is 1. The Hall–Kier alpha value is -3.58. The summed E-state index contributed by atoms with van der Waals surface area (Å²) < 4.78 is 94.8. The van der Waals surface area contributed by atoms with Gasteiger partial charge in [-0.15, -0.1) is 10.2 Å². The van der Waals surface area contributed by atoms with Crippen molar-refractivity contribution in [2.45, 2.75) is 29.8 Å². The van der Waals surface area contributed by atoms with Gasteiger partial charge in [0, 0.05) is 5.75 Å². The van der Waals surface area contributed by atoms with Crippen LogP contribution in [0, 0.1) is 5.82 Å². The van der Waals surface area contributed by atoms with Crippen molar-refractivity contribution in [3.63, 3.8) is 0 Å². The van der Waals surface area contributed by atoms with E-state index in [2.05, 4.69) is 15.5 Å². The first-order chi connectivity index (χ1) is 18.3. The zero-order valence-corrected chi connectivity index (χ0v) is 21.0. The smallest absolute Gasteiger partial charge is 0.345 e. The van der Waals surface area contributed by atoms with E-state index in [1.54, 1.807) is 0 Å². The molecule has 0 atom stereocenters. The fourth-order valence-electron chi connectivity index (χ4n) is 3.54. The van der Waals surface area contributed by atoms with Gasteiger partial charge in [0.1, 0.15) is 5.82 Å². The molecule has 0 bridgehead atoms. The van der Waals surface area contributed by atoms with Gasteiger partial charge >= 0.3 is 12.4 Å². The van der Waals surface area contributed by atoms with Gasteiger partial charge in [-0.3, -0.25) is 9.36 Å². The summed E-state index contributed by atoms with van der Waals surface area (Å²) in [6.45, 7) is -0.378. The van der Waals surface area contributed by atoms with Crippen molar-refractivity contribution >= 4 is 29.3 Å². The van der Waals surface area contributed by atoms with Gasteiger partial charge in [0.25, 0.3) is 5.91 Å². The van der Waals surface area contributed by atoms with Crippen LogP contribution in [-0.4, -0.2) is 20.7 Å². The maximum absolute atomic E-state index is 14.1. The number of aromatic nitrogens is 3. The molecule has 1 aromatic heterocycles. The van der Waals surface area contributed by atoms with Crippen molar-refractivity contribution in [3.05, 3.63) is 106 Å². The topological polar surface area (TPSA) is 59.8 Å². The lowest BCUT2D eigenvalue weighted by Crippen LogP contribution is -2.26. The summed E-state index contributed by atoms with van der Waals surface area (Å²) in [4.78, 5) is 12.6.